The number of aliphatic hydroxyl groups is 1. The standard InChI is InChI=1S/C12H19N3O2/c1-9(2)4-12(3,17)7-15-11(16)10-5-13-8-14-6-10/h5-6,8-9,17H,4,7H2,1-3H3,(H,15,16). The van der Waals surface area contributed by atoms with E-state index in [2.05, 4.69) is 15.3 Å². The normalized spacial score (nSPS) is 14.4. The van der Waals surface area contributed by atoms with Gasteiger partial charge in [0.05, 0.1) is 11.2 Å². The van der Waals surface area contributed by atoms with Gasteiger partial charge in [-0.2, -0.15) is 0 Å². The second-order valence-corrected chi connectivity index (χ2v) is 4.90. The number of amides is 1. The molecule has 0 bridgehead atoms. The molecule has 5 heteroatoms. The molecule has 1 amide bonds. The SMILES string of the molecule is CC(C)CC(C)(O)CNC(=O)c1cncnc1. The molecule has 0 aromatic carbocycles. The number of aromatic nitrogens is 2. The number of carbonyl (C=O) groups is 1. The molecular weight excluding hydrogens is 218 g/mol. The highest BCUT2D eigenvalue weighted by molar-refractivity contribution is 5.93. The highest BCUT2D eigenvalue weighted by atomic mass is 16.3. The Morgan fingerprint density at radius 2 is 2.06 bits per heavy atom. The molecule has 1 aromatic heterocycles. The maximum atomic E-state index is 11.7. The van der Waals surface area contributed by atoms with Crippen LogP contribution in [-0.2, 0) is 0 Å². The van der Waals surface area contributed by atoms with Crippen LogP contribution in [0.15, 0.2) is 18.7 Å². The first-order valence-corrected chi connectivity index (χ1v) is 5.66. The first kappa shape index (κ1) is 13.6. The van der Waals surface area contributed by atoms with E-state index in [1.54, 1.807) is 6.92 Å². The predicted molar refractivity (Wildman–Crippen MR) is 64.4 cm³/mol. The molecule has 1 atom stereocenters. The summed E-state index contributed by atoms with van der Waals surface area (Å²) in [5.74, 6) is 0.108. The summed E-state index contributed by atoms with van der Waals surface area (Å²) in [6.07, 6.45) is 4.89. The number of nitrogens with zero attached hydrogens (tertiary/aromatic N) is 2. The number of carbonyl (C=O) groups excluding carboxylic acids is 1. The zero-order valence-electron chi connectivity index (χ0n) is 10.5. The summed E-state index contributed by atoms with van der Waals surface area (Å²) in [6.45, 7) is 6.00. The molecule has 0 aliphatic carbocycles. The molecule has 0 saturated heterocycles. The van der Waals surface area contributed by atoms with Crippen molar-refractivity contribution in [3.05, 3.63) is 24.3 Å². The van der Waals surface area contributed by atoms with Crippen LogP contribution in [0, 0.1) is 5.92 Å². The number of hydrogen-bond acceptors (Lipinski definition) is 4. The maximum Gasteiger partial charge on any atom is 0.254 e. The topological polar surface area (TPSA) is 75.1 Å². The summed E-state index contributed by atoms with van der Waals surface area (Å²) < 4.78 is 0. The van der Waals surface area contributed by atoms with Crippen LogP contribution in [0.5, 0.6) is 0 Å². The lowest BCUT2D eigenvalue weighted by Gasteiger charge is -2.25. The van der Waals surface area contributed by atoms with Crippen LogP contribution < -0.4 is 5.32 Å². The van der Waals surface area contributed by atoms with E-state index >= 15 is 0 Å². The zero-order chi connectivity index (χ0) is 12.9. The smallest absolute Gasteiger partial charge is 0.254 e. The van der Waals surface area contributed by atoms with Gasteiger partial charge in [0.2, 0.25) is 0 Å². The summed E-state index contributed by atoms with van der Waals surface area (Å²) in [5, 5.41) is 12.7. The van der Waals surface area contributed by atoms with E-state index in [9.17, 15) is 9.90 Å². The van der Waals surface area contributed by atoms with E-state index in [0.29, 0.717) is 17.9 Å². The van der Waals surface area contributed by atoms with E-state index in [1.807, 2.05) is 13.8 Å². The monoisotopic (exact) mass is 237 g/mol. The molecule has 1 heterocycles. The molecule has 5 nitrogen and oxygen atoms in total. The molecule has 0 radical (unpaired) electrons. The van der Waals surface area contributed by atoms with Gasteiger partial charge in [-0.1, -0.05) is 13.8 Å². The van der Waals surface area contributed by atoms with Crippen LogP contribution in [0.1, 0.15) is 37.6 Å². The summed E-state index contributed by atoms with van der Waals surface area (Å²) in [6, 6.07) is 0. The molecule has 1 unspecified atom stereocenters. The highest BCUT2D eigenvalue weighted by Gasteiger charge is 2.22. The van der Waals surface area contributed by atoms with E-state index in [4.69, 9.17) is 0 Å². The lowest BCUT2D eigenvalue weighted by Crippen LogP contribution is -2.41. The van der Waals surface area contributed by atoms with Gasteiger partial charge in [-0.15, -0.1) is 0 Å². The third-order valence-electron chi connectivity index (χ3n) is 2.30. The summed E-state index contributed by atoms with van der Waals surface area (Å²) >= 11 is 0. The minimum Gasteiger partial charge on any atom is -0.388 e. The van der Waals surface area contributed by atoms with Crippen molar-refractivity contribution in [3.63, 3.8) is 0 Å². The Balaban J connectivity index is 2.48. The van der Waals surface area contributed by atoms with Crippen LogP contribution in [0.4, 0.5) is 0 Å². The summed E-state index contributed by atoms with van der Waals surface area (Å²) in [5.41, 5.74) is -0.493. The van der Waals surface area contributed by atoms with Gasteiger partial charge in [0.25, 0.3) is 5.91 Å². The fourth-order valence-corrected chi connectivity index (χ4v) is 1.74. The van der Waals surface area contributed by atoms with Crippen molar-refractivity contribution in [1.82, 2.24) is 15.3 Å². The molecule has 0 aliphatic heterocycles. The quantitative estimate of drug-likeness (QED) is 0.801. The highest BCUT2D eigenvalue weighted by Crippen LogP contribution is 2.15. The Bertz CT molecular complexity index is 363. The van der Waals surface area contributed by atoms with Gasteiger partial charge in [-0.3, -0.25) is 4.79 Å². The van der Waals surface area contributed by atoms with Gasteiger partial charge in [-0.25, -0.2) is 9.97 Å². The van der Waals surface area contributed by atoms with E-state index in [0.717, 1.165) is 0 Å². The maximum absolute atomic E-state index is 11.7. The van der Waals surface area contributed by atoms with Gasteiger partial charge in [0.1, 0.15) is 6.33 Å². The Morgan fingerprint density at radius 3 is 2.59 bits per heavy atom. The average molecular weight is 237 g/mol. The van der Waals surface area contributed by atoms with Crippen molar-refractivity contribution in [2.24, 2.45) is 5.92 Å². The van der Waals surface area contributed by atoms with Crippen LogP contribution >= 0.6 is 0 Å². The largest absolute Gasteiger partial charge is 0.388 e. The minimum atomic E-state index is -0.889. The van der Waals surface area contributed by atoms with Gasteiger partial charge in [-0.05, 0) is 19.3 Å². The molecule has 0 aliphatic rings. The summed E-state index contributed by atoms with van der Waals surface area (Å²) in [7, 11) is 0. The van der Waals surface area contributed by atoms with E-state index in [1.165, 1.54) is 18.7 Å². The first-order valence-electron chi connectivity index (χ1n) is 5.66. The van der Waals surface area contributed by atoms with Crippen molar-refractivity contribution >= 4 is 5.91 Å². The first-order chi connectivity index (χ1) is 7.91. The Hall–Kier alpha value is -1.49. The van der Waals surface area contributed by atoms with Crippen molar-refractivity contribution in [2.45, 2.75) is 32.8 Å². The molecular formula is C12H19N3O2. The van der Waals surface area contributed by atoms with Crippen LogP contribution in [0.3, 0.4) is 0 Å². The number of hydrogen-bond donors (Lipinski definition) is 2. The van der Waals surface area contributed by atoms with E-state index in [-0.39, 0.29) is 12.5 Å². The Kier molecular flexibility index (Phi) is 4.57. The molecule has 2 N–H and O–H groups in total. The average Bonchev–Trinajstić information content (AvgIpc) is 2.25. The zero-order valence-corrected chi connectivity index (χ0v) is 10.5. The van der Waals surface area contributed by atoms with Crippen molar-refractivity contribution in [1.29, 1.82) is 0 Å². The number of nitrogens with one attached hydrogen (secondary N) is 1. The van der Waals surface area contributed by atoms with Crippen molar-refractivity contribution in [3.8, 4) is 0 Å². The fourth-order valence-electron chi connectivity index (χ4n) is 1.74. The molecule has 17 heavy (non-hydrogen) atoms. The minimum absolute atomic E-state index is 0.221. The predicted octanol–water partition coefficient (Wildman–Crippen LogP) is 1.00. The summed E-state index contributed by atoms with van der Waals surface area (Å²) in [4.78, 5) is 19.2. The van der Waals surface area contributed by atoms with Crippen LogP contribution in [-0.4, -0.2) is 33.1 Å². The van der Waals surface area contributed by atoms with E-state index < -0.39 is 5.60 Å². The third kappa shape index (κ3) is 4.91. The Morgan fingerprint density at radius 1 is 1.47 bits per heavy atom. The third-order valence-corrected chi connectivity index (χ3v) is 2.30. The second-order valence-electron chi connectivity index (χ2n) is 4.90. The Labute approximate surface area is 101 Å². The molecule has 0 spiro atoms. The van der Waals surface area contributed by atoms with Crippen LogP contribution in [0.25, 0.3) is 0 Å². The molecule has 1 rings (SSSR count). The van der Waals surface area contributed by atoms with Gasteiger partial charge < -0.3 is 10.4 Å². The lowest BCUT2D eigenvalue weighted by atomic mass is 9.94. The van der Waals surface area contributed by atoms with Gasteiger partial charge >= 0.3 is 0 Å². The van der Waals surface area contributed by atoms with Gasteiger partial charge in [0.15, 0.2) is 0 Å². The lowest BCUT2D eigenvalue weighted by molar-refractivity contribution is 0.0368. The van der Waals surface area contributed by atoms with Gasteiger partial charge in [0, 0.05) is 18.9 Å². The fraction of sp³-hybridized carbons (Fsp3) is 0.583. The molecule has 94 valence electrons. The molecule has 0 saturated carbocycles. The second kappa shape index (κ2) is 5.72. The van der Waals surface area contributed by atoms with Crippen molar-refractivity contribution < 1.29 is 9.90 Å². The number of rotatable bonds is 5. The van der Waals surface area contributed by atoms with Crippen LogP contribution in [0.2, 0.25) is 0 Å². The molecule has 0 fully saturated rings. The molecule has 1 aromatic rings. The van der Waals surface area contributed by atoms with Crippen molar-refractivity contribution in [2.75, 3.05) is 6.54 Å².